The summed E-state index contributed by atoms with van der Waals surface area (Å²) >= 11 is 0. The van der Waals surface area contributed by atoms with Crippen LogP contribution in [-0.4, -0.2) is 174 Å². The van der Waals surface area contributed by atoms with Gasteiger partial charge in [0, 0.05) is 48.9 Å². The van der Waals surface area contributed by atoms with Gasteiger partial charge in [-0.3, -0.25) is 4.79 Å². The van der Waals surface area contributed by atoms with Crippen molar-refractivity contribution in [2.75, 3.05) is 35.5 Å². The monoisotopic (exact) mass is 698 g/mol. The maximum atomic E-state index is 12.2. The van der Waals surface area contributed by atoms with Crippen LogP contribution in [0.2, 0.25) is 0 Å². The number of carbonyl (C=O) groups excluding carboxylic acids is 1. The van der Waals surface area contributed by atoms with E-state index in [1.807, 2.05) is 0 Å². The lowest BCUT2D eigenvalue weighted by Gasteiger charge is -2.50. The molecule has 19 atom stereocenters. The van der Waals surface area contributed by atoms with E-state index in [0.29, 0.717) is 0 Å². The molecule has 0 aromatic rings. The molecule has 4 heterocycles. The minimum absolute atomic E-state index is 0.0781. The minimum Gasteiger partial charge on any atom is -0.457 e. The van der Waals surface area contributed by atoms with Gasteiger partial charge >= 0.3 is 5.97 Å². The number of aliphatic hydroxyl groups is 3. The van der Waals surface area contributed by atoms with Crippen molar-refractivity contribution in [3.63, 3.8) is 0 Å². The van der Waals surface area contributed by atoms with Gasteiger partial charge in [-0.1, -0.05) is 0 Å². The second kappa shape index (κ2) is 17.4. The zero-order valence-corrected chi connectivity index (χ0v) is 29.2. The maximum Gasteiger partial charge on any atom is 0.303 e. The molecule has 280 valence electrons. The van der Waals surface area contributed by atoms with E-state index in [1.54, 1.807) is 27.7 Å². The number of hydrogen-bond donors (Lipinski definition) is 3. The first-order valence-electron chi connectivity index (χ1n) is 16.2. The third-order valence-electron chi connectivity index (χ3n) is 9.43. The highest BCUT2D eigenvalue weighted by atomic mass is 16.8. The van der Waals surface area contributed by atoms with E-state index in [2.05, 4.69) is 0 Å². The SMILES string of the molecule is CO[C@@H]1[C@H](O[C@@H]2[C@@H](O)[C@H](C)O[C@@H](O[C@@H]3[C@@H](OC)[C@H](C)O[C@@H](O)[C@@H]3OC)[C@@H]2OC)O[C@@H](C)[C@@H](OC(C)=O)[C@H]1O[C@@H]1C[C@@H](O)[C@H](OC)[C@@H](C)O1. The highest BCUT2D eigenvalue weighted by Crippen LogP contribution is 2.37. The van der Waals surface area contributed by atoms with Crippen LogP contribution >= 0.6 is 0 Å². The highest BCUT2D eigenvalue weighted by molar-refractivity contribution is 5.66. The van der Waals surface area contributed by atoms with E-state index in [4.69, 9.17) is 61.6 Å². The molecule has 48 heavy (non-hydrogen) atoms. The molecular weight excluding hydrogens is 644 g/mol. The molecule has 0 unspecified atom stereocenters. The van der Waals surface area contributed by atoms with Gasteiger partial charge in [0.25, 0.3) is 0 Å². The van der Waals surface area contributed by atoms with Gasteiger partial charge in [-0.2, -0.15) is 0 Å². The quantitative estimate of drug-likeness (QED) is 0.215. The summed E-state index contributed by atoms with van der Waals surface area (Å²) in [6.45, 7) is 8.09. The number of aliphatic hydroxyl groups excluding tert-OH is 3. The van der Waals surface area contributed by atoms with E-state index >= 15 is 0 Å². The normalized spacial score (nSPS) is 48.6. The summed E-state index contributed by atoms with van der Waals surface area (Å²) in [7, 11) is 7.21. The Hall–Kier alpha value is -1.13. The summed E-state index contributed by atoms with van der Waals surface area (Å²) in [5, 5.41) is 32.6. The fraction of sp³-hybridized carbons (Fsp3) is 0.968. The fourth-order valence-electron chi connectivity index (χ4n) is 7.00. The molecule has 0 radical (unpaired) electrons. The number of methoxy groups -OCH3 is 5. The van der Waals surface area contributed by atoms with Crippen LogP contribution in [-0.2, 0) is 66.4 Å². The predicted octanol–water partition coefficient (Wildman–Crippen LogP) is -0.768. The molecule has 17 nitrogen and oxygen atoms in total. The molecule has 0 aromatic heterocycles. The van der Waals surface area contributed by atoms with Crippen molar-refractivity contribution >= 4 is 5.97 Å². The molecular formula is C31H54O17. The van der Waals surface area contributed by atoms with Crippen LogP contribution < -0.4 is 0 Å². The summed E-state index contributed by atoms with van der Waals surface area (Å²) < 4.78 is 76.8. The van der Waals surface area contributed by atoms with Gasteiger partial charge in [-0.25, -0.2) is 0 Å². The zero-order valence-electron chi connectivity index (χ0n) is 29.2. The van der Waals surface area contributed by atoms with Gasteiger partial charge in [0.2, 0.25) is 0 Å². The molecule has 0 aliphatic carbocycles. The van der Waals surface area contributed by atoms with Gasteiger partial charge in [-0.15, -0.1) is 0 Å². The van der Waals surface area contributed by atoms with Crippen molar-refractivity contribution in [1.29, 1.82) is 0 Å². The van der Waals surface area contributed by atoms with Crippen molar-refractivity contribution in [1.82, 2.24) is 0 Å². The Labute approximate surface area is 281 Å². The molecule has 4 fully saturated rings. The molecule has 4 aliphatic heterocycles. The van der Waals surface area contributed by atoms with Crippen molar-refractivity contribution in [2.24, 2.45) is 0 Å². The zero-order chi connectivity index (χ0) is 35.4. The largest absolute Gasteiger partial charge is 0.457 e. The lowest BCUT2D eigenvalue weighted by atomic mass is 9.96. The van der Waals surface area contributed by atoms with E-state index in [0.717, 1.165) is 0 Å². The van der Waals surface area contributed by atoms with Crippen molar-refractivity contribution < 1.29 is 81.7 Å². The summed E-state index contributed by atoms with van der Waals surface area (Å²) in [5.41, 5.74) is 0. The van der Waals surface area contributed by atoms with Gasteiger partial charge < -0.3 is 76.9 Å². The van der Waals surface area contributed by atoms with Crippen LogP contribution in [0.3, 0.4) is 0 Å². The average molecular weight is 699 g/mol. The van der Waals surface area contributed by atoms with Crippen LogP contribution in [0.4, 0.5) is 0 Å². The van der Waals surface area contributed by atoms with Crippen LogP contribution in [0.15, 0.2) is 0 Å². The molecule has 4 aliphatic rings. The summed E-state index contributed by atoms with van der Waals surface area (Å²) in [5.74, 6) is -0.569. The first-order valence-corrected chi connectivity index (χ1v) is 16.2. The lowest BCUT2D eigenvalue weighted by molar-refractivity contribution is -0.384. The molecule has 0 aromatic carbocycles. The molecule has 0 saturated carbocycles. The smallest absolute Gasteiger partial charge is 0.303 e. The molecule has 3 N–H and O–H groups in total. The third kappa shape index (κ3) is 8.49. The molecule has 4 saturated heterocycles. The summed E-state index contributed by atoms with van der Waals surface area (Å²) in [6.07, 6.45) is -17.3. The number of rotatable bonds is 12. The van der Waals surface area contributed by atoms with Crippen molar-refractivity contribution in [3.8, 4) is 0 Å². The number of esters is 1. The van der Waals surface area contributed by atoms with Crippen molar-refractivity contribution in [3.05, 3.63) is 0 Å². The van der Waals surface area contributed by atoms with Crippen LogP contribution in [0.25, 0.3) is 0 Å². The molecule has 0 amide bonds. The number of hydrogen-bond acceptors (Lipinski definition) is 17. The summed E-state index contributed by atoms with van der Waals surface area (Å²) in [4.78, 5) is 12.2. The van der Waals surface area contributed by atoms with Gasteiger partial charge in [-0.05, 0) is 27.7 Å². The van der Waals surface area contributed by atoms with E-state index < -0.39 is 123 Å². The first kappa shape index (κ1) is 39.7. The second-order valence-electron chi connectivity index (χ2n) is 12.6. The Bertz CT molecular complexity index is 978. The Morgan fingerprint density at radius 3 is 1.56 bits per heavy atom. The van der Waals surface area contributed by atoms with E-state index in [9.17, 15) is 20.1 Å². The molecule has 0 bridgehead atoms. The maximum absolute atomic E-state index is 12.2. The first-order chi connectivity index (χ1) is 22.8. The van der Waals surface area contributed by atoms with Crippen molar-refractivity contribution in [2.45, 2.75) is 158 Å². The molecule has 0 spiro atoms. The Balaban J connectivity index is 1.59. The third-order valence-corrected chi connectivity index (χ3v) is 9.43. The second-order valence-corrected chi connectivity index (χ2v) is 12.6. The lowest BCUT2D eigenvalue weighted by Crippen LogP contribution is -2.67. The topological polar surface area (TPSA) is 198 Å². The summed E-state index contributed by atoms with van der Waals surface area (Å²) in [6, 6.07) is 0. The Kier molecular flexibility index (Phi) is 14.4. The van der Waals surface area contributed by atoms with Gasteiger partial charge in [0.1, 0.15) is 54.9 Å². The van der Waals surface area contributed by atoms with Crippen LogP contribution in [0.1, 0.15) is 41.0 Å². The van der Waals surface area contributed by atoms with Gasteiger partial charge in [0.05, 0.1) is 30.5 Å². The molecule has 4 rings (SSSR count). The molecule has 17 heteroatoms. The number of carbonyl (C=O) groups is 1. The minimum atomic E-state index is -1.31. The fourth-order valence-corrected chi connectivity index (χ4v) is 7.00. The number of ether oxygens (including phenoxy) is 13. The van der Waals surface area contributed by atoms with E-state index in [-0.39, 0.29) is 6.42 Å². The van der Waals surface area contributed by atoms with E-state index in [1.165, 1.54) is 42.5 Å². The average Bonchev–Trinajstić information content (AvgIpc) is 3.01. The predicted molar refractivity (Wildman–Crippen MR) is 160 cm³/mol. The van der Waals surface area contributed by atoms with Crippen LogP contribution in [0.5, 0.6) is 0 Å². The van der Waals surface area contributed by atoms with Crippen LogP contribution in [0, 0.1) is 0 Å². The highest BCUT2D eigenvalue weighted by Gasteiger charge is 2.55. The Morgan fingerprint density at radius 2 is 1.02 bits per heavy atom. The Morgan fingerprint density at radius 1 is 0.542 bits per heavy atom. The standard InChI is InChI=1S/C31H54O17/c1-12-19(34)23(27(39-9)30(43-12)48-24-21(37-7)14(3)42-29(35)26(24)38-8)47-31-28(40-10)25(22(15(4)44-31)45-16(5)32)46-18-11-17(33)20(36-6)13(2)41-18/h12-15,17-31,33-35H,11H2,1-10H3/t12-,13+,14-,15-,17+,18+,19-,20+,21-,22+,23+,24+,25+,26+,27+,28-,29+,30-,31-/m0/s1. The van der Waals surface area contributed by atoms with Gasteiger partial charge in [0.15, 0.2) is 31.3 Å².